The van der Waals surface area contributed by atoms with Crippen LogP contribution < -0.4 is 0 Å². The minimum absolute atomic E-state index is 2.42. The number of hydrogen-bond acceptors (Lipinski definition) is 0. The van der Waals surface area contributed by atoms with Crippen molar-refractivity contribution < 1.29 is 4.80 Å². The molecule has 0 aromatic heterocycles. The van der Waals surface area contributed by atoms with E-state index >= 15 is 0 Å². The van der Waals surface area contributed by atoms with Crippen molar-refractivity contribution in [2.45, 2.75) is 0 Å². The maximum Gasteiger partial charge on any atom is 0.441 e. The van der Waals surface area contributed by atoms with Crippen molar-refractivity contribution >= 4 is 50.1 Å². The molecule has 0 aromatic carbocycles. The summed E-state index contributed by atoms with van der Waals surface area (Å²) in [5, 5.41) is 0. The van der Waals surface area contributed by atoms with Crippen molar-refractivity contribution in [3.63, 3.8) is 0 Å². The maximum absolute atomic E-state index is 9.99. The maximum atomic E-state index is 9.99. The van der Waals surface area contributed by atoms with Gasteiger partial charge >= 0.3 is 4.18 Å². The van der Waals surface area contributed by atoms with Gasteiger partial charge in [0.1, 0.15) is 0 Å². The molecule has 0 saturated heterocycles. The fourth-order valence-electron chi connectivity index (χ4n) is 0. The van der Waals surface area contributed by atoms with Crippen LogP contribution in [0.4, 0.5) is 0 Å². The van der Waals surface area contributed by atoms with Crippen molar-refractivity contribution in [2.24, 2.45) is 0 Å². The number of rotatable bonds is 0. The quantitative estimate of drug-likeness (QED) is 0.479. The van der Waals surface area contributed by atoms with Gasteiger partial charge in [0.05, 0.1) is 0 Å². The van der Waals surface area contributed by atoms with Gasteiger partial charge in [0.2, 0.25) is 0 Å². The Morgan fingerprint density at radius 2 is 1.20 bits per heavy atom. The Balaban J connectivity index is 3.02. The van der Waals surface area contributed by atoms with Crippen LogP contribution in [0.5, 0.6) is 0 Å². The monoisotopic (exact) mass is 281 g/mol. The van der Waals surface area contributed by atoms with Crippen molar-refractivity contribution in [1.29, 1.82) is 0 Å². The van der Waals surface area contributed by atoms with Gasteiger partial charge in [-0.3, -0.25) is 4.80 Å². The molecule has 5 heteroatoms. The van der Waals surface area contributed by atoms with E-state index < -0.39 is 4.18 Å². The Kier molecular flexibility index (Phi) is 2.73. The zero-order valence-electron chi connectivity index (χ0n) is 2.04. The van der Waals surface area contributed by atoms with Crippen molar-refractivity contribution in [2.75, 3.05) is 0 Å². The first-order chi connectivity index (χ1) is 2.00. The van der Waals surface area contributed by atoms with Gasteiger partial charge in [-0.15, -0.1) is 0 Å². The third-order valence-corrected chi connectivity index (χ3v) is 0. The van der Waals surface area contributed by atoms with Crippen molar-refractivity contribution in [3.8, 4) is 0 Å². The van der Waals surface area contributed by atoms with Crippen LogP contribution in [0.2, 0.25) is 0 Å². The first kappa shape index (κ1) is 6.62. The molecule has 0 spiro atoms. The van der Waals surface area contributed by atoms with Gasteiger partial charge in [0.15, 0.2) is 0 Å². The SMILES string of the molecule is [O][Si](Br)(Br)Br. The highest BCUT2D eigenvalue weighted by molar-refractivity contribution is 9.71. The molecule has 31 valence electrons. The highest BCUT2D eigenvalue weighted by atomic mass is 80.0. The molecule has 0 aliphatic heterocycles. The van der Waals surface area contributed by atoms with E-state index in [0.29, 0.717) is 0 Å². The molecule has 1 nitrogen and oxygen atoms in total. The molecule has 0 N–H and O–H groups in total. The average molecular weight is 284 g/mol. The van der Waals surface area contributed by atoms with Gasteiger partial charge in [0, 0.05) is 0 Å². The number of halogens is 3. The fourth-order valence-corrected chi connectivity index (χ4v) is 0. The molecule has 0 aliphatic carbocycles. The highest BCUT2D eigenvalue weighted by Gasteiger charge is 2.19. The molecule has 0 bridgehead atoms. The average Bonchev–Trinajstić information content (AvgIpc) is 0.722. The second kappa shape index (κ2) is 2.06. The second-order valence-corrected chi connectivity index (χ2v) is 21.0. The van der Waals surface area contributed by atoms with Crippen LogP contribution in [-0.2, 0) is 4.80 Å². The lowest BCUT2D eigenvalue weighted by molar-refractivity contribution is 0.483. The van der Waals surface area contributed by atoms with Crippen molar-refractivity contribution in [3.05, 3.63) is 0 Å². The van der Waals surface area contributed by atoms with Crippen LogP contribution >= 0.6 is 45.9 Å². The summed E-state index contributed by atoms with van der Waals surface area (Å²) in [4.78, 5) is 9.99. The van der Waals surface area contributed by atoms with E-state index in [-0.39, 0.29) is 0 Å². The fraction of sp³-hybridized carbons (Fsp3) is 0. The Morgan fingerprint density at radius 3 is 1.20 bits per heavy atom. The highest BCUT2D eigenvalue weighted by Crippen LogP contribution is 2.23. The van der Waals surface area contributed by atoms with Crippen LogP contribution in [-0.4, -0.2) is 4.18 Å². The Bertz CT molecular complexity index is 22.4. The first-order valence-electron chi connectivity index (χ1n) is 0.771. The molecule has 0 rings (SSSR count). The largest absolute Gasteiger partial charge is 0.441 e. The molecule has 0 amide bonds. The second-order valence-electron chi connectivity index (χ2n) is 0.446. The molecule has 0 saturated carbocycles. The van der Waals surface area contributed by atoms with Crippen molar-refractivity contribution in [1.82, 2.24) is 0 Å². The summed E-state index contributed by atoms with van der Waals surface area (Å²) in [5.74, 6) is 0. The molecule has 0 fully saturated rings. The lowest BCUT2D eigenvalue weighted by Crippen LogP contribution is -1.98. The summed E-state index contributed by atoms with van der Waals surface area (Å²) in [6.07, 6.45) is 0. The molecule has 1 radical (unpaired) electrons. The third-order valence-electron chi connectivity index (χ3n) is 0. The summed E-state index contributed by atoms with van der Waals surface area (Å²) in [5.41, 5.74) is 0. The molecular formula is Br3OSi. The Labute approximate surface area is 54.6 Å². The normalized spacial score (nSPS) is 12.0. The van der Waals surface area contributed by atoms with Gasteiger partial charge in [0.25, 0.3) is 0 Å². The van der Waals surface area contributed by atoms with Crippen LogP contribution in [0.3, 0.4) is 0 Å². The minimum Gasteiger partial charge on any atom is -0.253 e. The van der Waals surface area contributed by atoms with E-state index in [1.165, 1.54) is 0 Å². The molecule has 0 aliphatic rings. The molecule has 0 atom stereocenters. The van der Waals surface area contributed by atoms with E-state index in [1.807, 2.05) is 0 Å². The van der Waals surface area contributed by atoms with Gasteiger partial charge in [-0.2, -0.15) is 0 Å². The molecule has 0 aromatic rings. The summed E-state index contributed by atoms with van der Waals surface area (Å²) in [7, 11) is 0. The zero-order chi connectivity index (χ0) is 4.50. The zero-order valence-corrected chi connectivity index (χ0v) is 7.80. The van der Waals surface area contributed by atoms with E-state index in [0.717, 1.165) is 0 Å². The van der Waals surface area contributed by atoms with E-state index in [1.54, 1.807) is 0 Å². The van der Waals surface area contributed by atoms with Gasteiger partial charge in [-0.25, -0.2) is 0 Å². The summed E-state index contributed by atoms with van der Waals surface area (Å²) >= 11 is 8.38. The lowest BCUT2D eigenvalue weighted by Gasteiger charge is -1.85. The Hall–Kier alpha value is 1.62. The van der Waals surface area contributed by atoms with Crippen LogP contribution in [0.25, 0.3) is 0 Å². The standard InChI is InChI=1S/Br3OSi/c1-5(2,3)4. The van der Waals surface area contributed by atoms with Gasteiger partial charge in [-0.1, -0.05) is 45.9 Å². The van der Waals surface area contributed by atoms with E-state index in [4.69, 9.17) is 0 Å². The molecular weight excluding hydrogens is 284 g/mol. The first-order valence-corrected chi connectivity index (χ1v) is 9.45. The molecule has 0 unspecified atom stereocenters. The van der Waals surface area contributed by atoms with E-state index in [9.17, 15) is 4.80 Å². The van der Waals surface area contributed by atoms with Crippen LogP contribution in [0.1, 0.15) is 0 Å². The van der Waals surface area contributed by atoms with Gasteiger partial charge < -0.3 is 0 Å². The van der Waals surface area contributed by atoms with Crippen LogP contribution in [0.15, 0.2) is 0 Å². The number of hydrogen-bond donors (Lipinski definition) is 0. The Morgan fingerprint density at radius 1 is 1.20 bits per heavy atom. The topological polar surface area (TPSA) is 19.9 Å². The predicted octanol–water partition coefficient (Wildman–Crippen LogP) is 2.04. The predicted molar refractivity (Wildman–Crippen MR) is 33.2 cm³/mol. The molecule has 5 heavy (non-hydrogen) atoms. The molecule has 0 heterocycles. The van der Waals surface area contributed by atoms with Crippen LogP contribution in [0, 0.1) is 0 Å². The van der Waals surface area contributed by atoms with Gasteiger partial charge in [-0.05, 0) is 0 Å². The minimum atomic E-state index is -2.42. The summed E-state index contributed by atoms with van der Waals surface area (Å²) < 4.78 is -2.42. The van der Waals surface area contributed by atoms with E-state index in [2.05, 4.69) is 45.9 Å². The summed E-state index contributed by atoms with van der Waals surface area (Å²) in [6, 6.07) is 0. The smallest absolute Gasteiger partial charge is 0.253 e. The third kappa shape index (κ3) is 28.1. The lowest BCUT2D eigenvalue weighted by atomic mass is 15.9. The summed E-state index contributed by atoms with van der Waals surface area (Å²) in [6.45, 7) is 0.